The van der Waals surface area contributed by atoms with E-state index in [1.807, 2.05) is 42.5 Å². The van der Waals surface area contributed by atoms with Gasteiger partial charge in [0.05, 0.1) is 19.2 Å². The van der Waals surface area contributed by atoms with E-state index in [0.29, 0.717) is 28.6 Å². The van der Waals surface area contributed by atoms with Crippen molar-refractivity contribution in [3.63, 3.8) is 0 Å². The molecule has 9 heteroatoms. The van der Waals surface area contributed by atoms with Gasteiger partial charge in [-0.05, 0) is 37.6 Å². The van der Waals surface area contributed by atoms with Crippen LogP contribution in [0.2, 0.25) is 0 Å². The largest absolute Gasteiger partial charge is 0.496 e. The van der Waals surface area contributed by atoms with E-state index in [4.69, 9.17) is 9.47 Å². The number of ether oxygens (including phenoxy) is 2. The molecule has 0 aliphatic carbocycles. The van der Waals surface area contributed by atoms with Crippen LogP contribution < -0.4 is 20.7 Å². The first kappa shape index (κ1) is 23.9. The van der Waals surface area contributed by atoms with Crippen LogP contribution in [0.5, 0.6) is 11.5 Å². The summed E-state index contributed by atoms with van der Waals surface area (Å²) in [6.45, 7) is 4.08. The normalized spacial score (nSPS) is 19.2. The van der Waals surface area contributed by atoms with E-state index < -0.39 is 0 Å². The number of hydrogen-bond acceptors (Lipinski definition) is 6. The van der Waals surface area contributed by atoms with Crippen molar-refractivity contribution < 1.29 is 9.47 Å². The maximum Gasteiger partial charge on any atom is 0.328 e. The zero-order chi connectivity index (χ0) is 23.2. The first-order chi connectivity index (χ1) is 16.6. The fourth-order valence-corrected chi connectivity index (χ4v) is 6.65. The third-order valence-corrected chi connectivity index (χ3v) is 8.36. The Morgan fingerprint density at radius 2 is 1.91 bits per heavy atom. The smallest absolute Gasteiger partial charge is 0.328 e. The van der Waals surface area contributed by atoms with Crippen LogP contribution in [0.25, 0.3) is 20.3 Å². The molecule has 4 heterocycles. The molecule has 2 aliphatic heterocycles. The number of thiophene rings is 1. The number of methoxy groups -OCH3 is 1. The van der Waals surface area contributed by atoms with Gasteiger partial charge in [0, 0.05) is 47.1 Å². The number of likely N-dealkylation sites (tertiary alicyclic amines) is 1. The second-order valence-corrected chi connectivity index (χ2v) is 10.3. The number of nitrogens with zero attached hydrogens (tertiary/aromatic N) is 2. The van der Waals surface area contributed by atoms with Gasteiger partial charge < -0.3 is 19.4 Å². The van der Waals surface area contributed by atoms with Crippen LogP contribution >= 0.6 is 23.7 Å². The molecular formula is C26H28ClN3O4S. The number of halogens is 1. The Morgan fingerprint density at radius 3 is 2.77 bits per heavy atom. The van der Waals surface area contributed by atoms with Crippen LogP contribution in [0.1, 0.15) is 24.3 Å². The number of aromatic amines is 1. The van der Waals surface area contributed by atoms with E-state index in [9.17, 15) is 9.59 Å². The summed E-state index contributed by atoms with van der Waals surface area (Å²) in [7, 11) is 1.71. The molecule has 2 aromatic heterocycles. The molecule has 7 nitrogen and oxygen atoms in total. The first-order valence-corrected chi connectivity index (χ1v) is 12.6. The Labute approximate surface area is 212 Å². The van der Waals surface area contributed by atoms with Crippen molar-refractivity contribution in [2.45, 2.75) is 25.3 Å². The fraction of sp³-hybridized carbons (Fsp3) is 0.385. The van der Waals surface area contributed by atoms with Gasteiger partial charge in [-0.15, -0.1) is 23.7 Å². The van der Waals surface area contributed by atoms with Crippen molar-refractivity contribution in [2.75, 3.05) is 33.4 Å². The maximum absolute atomic E-state index is 13.0. The minimum atomic E-state index is -0.325. The Morgan fingerprint density at radius 1 is 1.09 bits per heavy atom. The monoisotopic (exact) mass is 513 g/mol. The summed E-state index contributed by atoms with van der Waals surface area (Å²) in [4.78, 5) is 31.1. The lowest BCUT2D eigenvalue weighted by molar-refractivity contribution is 0.209. The molecule has 0 amide bonds. The zero-order valence-electron chi connectivity index (χ0n) is 19.5. The molecule has 0 radical (unpaired) electrons. The summed E-state index contributed by atoms with van der Waals surface area (Å²) >= 11 is 1.45. The van der Waals surface area contributed by atoms with E-state index >= 15 is 0 Å². The molecule has 1 fully saturated rings. The molecule has 2 aromatic carbocycles. The predicted molar refractivity (Wildman–Crippen MR) is 142 cm³/mol. The minimum Gasteiger partial charge on any atom is -0.496 e. The van der Waals surface area contributed by atoms with Crippen LogP contribution in [-0.2, 0) is 6.54 Å². The van der Waals surface area contributed by atoms with Crippen LogP contribution in [0, 0.1) is 5.92 Å². The Hall–Kier alpha value is -2.81. The minimum absolute atomic E-state index is 0. The molecule has 0 bridgehead atoms. The van der Waals surface area contributed by atoms with Gasteiger partial charge in [0.25, 0.3) is 5.56 Å². The topological polar surface area (TPSA) is 76.6 Å². The summed E-state index contributed by atoms with van der Waals surface area (Å²) < 4.78 is 14.6. The number of hydrogen-bond donors (Lipinski definition) is 1. The third kappa shape index (κ3) is 4.13. The summed E-state index contributed by atoms with van der Waals surface area (Å²) in [6.07, 6.45) is 1.71. The lowest BCUT2D eigenvalue weighted by Crippen LogP contribution is -2.34. The highest BCUT2D eigenvalue weighted by Crippen LogP contribution is 2.46. The molecule has 0 spiro atoms. The summed E-state index contributed by atoms with van der Waals surface area (Å²) in [6, 6.07) is 13.8. The SMILES string of the molecule is COc1cccc2c1[C@@H]1CN(CCCCn3c(=O)[nH]c4c(sc5ccccc54)c3=O)C[C@@H]1CO2.Cl. The Bertz CT molecular complexity index is 1480. The van der Waals surface area contributed by atoms with Gasteiger partial charge in [-0.1, -0.05) is 24.3 Å². The Balaban J connectivity index is 0.00000253. The number of unbranched alkanes of at least 4 members (excludes halogenated alkanes) is 1. The summed E-state index contributed by atoms with van der Waals surface area (Å²) in [5, 5.41) is 0.932. The van der Waals surface area contributed by atoms with Crippen molar-refractivity contribution in [3.05, 3.63) is 68.9 Å². The fourth-order valence-electron chi connectivity index (χ4n) is 5.55. The molecule has 35 heavy (non-hydrogen) atoms. The summed E-state index contributed by atoms with van der Waals surface area (Å²) in [5.74, 6) is 2.73. The zero-order valence-corrected chi connectivity index (χ0v) is 21.1. The molecule has 4 aromatic rings. The number of nitrogens with one attached hydrogen (secondary N) is 1. The lowest BCUT2D eigenvalue weighted by Gasteiger charge is -2.29. The first-order valence-electron chi connectivity index (χ1n) is 11.8. The lowest BCUT2D eigenvalue weighted by atomic mass is 9.86. The van der Waals surface area contributed by atoms with Gasteiger partial charge in [0.15, 0.2) is 0 Å². The molecule has 0 unspecified atom stereocenters. The standard InChI is InChI=1S/C26H27N3O4S.ClH/c1-32-19-8-6-9-20-22(19)18-14-28(13-16(18)15-33-20)11-4-5-12-29-25(30)24-23(27-26(29)31)17-7-2-3-10-21(17)34-24;/h2-3,6-10,16,18H,4-5,11-15H2,1H3,(H,27,31);1H/t16-,18-;/m1./s1. The Kier molecular flexibility index (Phi) is 6.61. The van der Waals surface area contributed by atoms with Crippen molar-refractivity contribution in [1.82, 2.24) is 14.5 Å². The van der Waals surface area contributed by atoms with Gasteiger partial charge >= 0.3 is 5.69 Å². The highest BCUT2D eigenvalue weighted by molar-refractivity contribution is 7.25. The molecule has 1 saturated heterocycles. The second kappa shape index (κ2) is 9.68. The predicted octanol–water partition coefficient (Wildman–Crippen LogP) is 4.22. The number of fused-ring (bicyclic) bond motifs is 6. The van der Waals surface area contributed by atoms with Gasteiger partial charge in [-0.3, -0.25) is 9.36 Å². The van der Waals surface area contributed by atoms with E-state index in [0.717, 1.165) is 60.7 Å². The second-order valence-electron chi connectivity index (χ2n) is 9.21. The van der Waals surface area contributed by atoms with Crippen LogP contribution in [0.3, 0.4) is 0 Å². The van der Waals surface area contributed by atoms with Crippen molar-refractivity contribution in [3.8, 4) is 11.5 Å². The number of benzene rings is 2. The number of H-pyrrole nitrogens is 1. The van der Waals surface area contributed by atoms with E-state index in [-0.39, 0.29) is 23.7 Å². The number of rotatable bonds is 6. The van der Waals surface area contributed by atoms with Gasteiger partial charge in [0.2, 0.25) is 0 Å². The molecule has 2 aliphatic rings. The third-order valence-electron chi connectivity index (χ3n) is 7.20. The van der Waals surface area contributed by atoms with E-state index in [2.05, 4.69) is 9.88 Å². The van der Waals surface area contributed by atoms with Gasteiger partial charge in [0.1, 0.15) is 16.2 Å². The molecule has 6 rings (SSSR count). The molecule has 1 N–H and O–H groups in total. The number of aromatic nitrogens is 2. The van der Waals surface area contributed by atoms with Crippen molar-refractivity contribution in [1.29, 1.82) is 0 Å². The van der Waals surface area contributed by atoms with Gasteiger partial charge in [-0.2, -0.15) is 0 Å². The quantitative estimate of drug-likeness (QED) is 0.391. The van der Waals surface area contributed by atoms with Crippen LogP contribution in [0.15, 0.2) is 52.1 Å². The molecule has 0 saturated carbocycles. The van der Waals surface area contributed by atoms with Crippen LogP contribution in [0.4, 0.5) is 0 Å². The highest BCUT2D eigenvalue weighted by Gasteiger charge is 2.40. The molecule has 184 valence electrons. The molecule has 2 atom stereocenters. The van der Waals surface area contributed by atoms with Gasteiger partial charge in [-0.25, -0.2) is 4.79 Å². The van der Waals surface area contributed by atoms with E-state index in [1.54, 1.807) is 7.11 Å². The van der Waals surface area contributed by atoms with Crippen LogP contribution in [-0.4, -0.2) is 47.8 Å². The van der Waals surface area contributed by atoms with E-state index in [1.165, 1.54) is 21.5 Å². The average Bonchev–Trinajstić information content (AvgIpc) is 3.44. The average molecular weight is 514 g/mol. The molecular weight excluding hydrogens is 486 g/mol. The maximum atomic E-state index is 13.0. The summed E-state index contributed by atoms with van der Waals surface area (Å²) in [5.41, 5.74) is 1.34. The van der Waals surface area contributed by atoms with Crippen molar-refractivity contribution >= 4 is 44.0 Å². The highest BCUT2D eigenvalue weighted by atomic mass is 35.5. The van der Waals surface area contributed by atoms with Crippen molar-refractivity contribution in [2.24, 2.45) is 5.92 Å².